The first kappa shape index (κ1) is 17.8. The van der Waals surface area contributed by atoms with Crippen molar-refractivity contribution in [2.75, 3.05) is 18.2 Å². The third-order valence-corrected chi connectivity index (χ3v) is 4.63. The molecule has 25 heavy (non-hydrogen) atoms. The van der Waals surface area contributed by atoms with E-state index in [1.54, 1.807) is 29.2 Å². The van der Waals surface area contributed by atoms with E-state index in [-0.39, 0.29) is 17.2 Å². The predicted molar refractivity (Wildman–Crippen MR) is 86.3 cm³/mol. The molecule has 3 rings (SSSR count). The fourth-order valence-electron chi connectivity index (χ4n) is 3.23. The first-order valence-electron chi connectivity index (χ1n) is 8.11. The van der Waals surface area contributed by atoms with Gasteiger partial charge in [0, 0.05) is 19.5 Å². The summed E-state index contributed by atoms with van der Waals surface area (Å²) in [6.07, 6.45) is -3.01. The first-order valence-corrected chi connectivity index (χ1v) is 8.11. The normalized spacial score (nSPS) is 21.6. The fraction of sp³-hybridized carbons (Fsp3) is 0.471. The van der Waals surface area contributed by atoms with Gasteiger partial charge in [-0.15, -0.1) is 0 Å². The van der Waals surface area contributed by atoms with Gasteiger partial charge in [-0.3, -0.25) is 9.80 Å². The molecule has 2 N–H and O–H groups in total. The van der Waals surface area contributed by atoms with Crippen LogP contribution in [0.1, 0.15) is 25.3 Å². The number of hydrazine groups is 1. The van der Waals surface area contributed by atoms with E-state index in [2.05, 4.69) is 5.43 Å². The number of hydrogen-bond acceptors (Lipinski definition) is 4. The van der Waals surface area contributed by atoms with Gasteiger partial charge in [-0.25, -0.2) is 5.43 Å². The minimum absolute atomic E-state index is 0.0572. The SMILES string of the molecule is CC1=C(CO)N(c2ccc(CN3CCCC3=O)cc2)NC1C(F)(F)F. The van der Waals surface area contributed by atoms with Crippen molar-refractivity contribution in [1.82, 2.24) is 10.3 Å². The van der Waals surface area contributed by atoms with Crippen molar-refractivity contribution < 1.29 is 23.1 Å². The highest BCUT2D eigenvalue weighted by Crippen LogP contribution is 2.34. The lowest BCUT2D eigenvalue weighted by Gasteiger charge is -2.24. The van der Waals surface area contributed by atoms with Crippen LogP contribution >= 0.6 is 0 Å². The largest absolute Gasteiger partial charge is 0.409 e. The lowest BCUT2D eigenvalue weighted by molar-refractivity contribution is -0.145. The Kier molecular flexibility index (Phi) is 4.75. The zero-order chi connectivity index (χ0) is 18.2. The van der Waals surface area contributed by atoms with Crippen LogP contribution in [0.5, 0.6) is 0 Å². The van der Waals surface area contributed by atoms with E-state index in [0.717, 1.165) is 18.5 Å². The number of nitrogens with one attached hydrogen (secondary N) is 1. The van der Waals surface area contributed by atoms with Gasteiger partial charge in [0.2, 0.25) is 5.91 Å². The maximum Gasteiger partial charge on any atom is 0.409 e. The summed E-state index contributed by atoms with van der Waals surface area (Å²) in [5.74, 6) is 0.124. The highest BCUT2D eigenvalue weighted by atomic mass is 19.4. The third kappa shape index (κ3) is 3.50. The van der Waals surface area contributed by atoms with Gasteiger partial charge >= 0.3 is 6.18 Å². The number of likely N-dealkylation sites (tertiary alicyclic amines) is 1. The summed E-state index contributed by atoms with van der Waals surface area (Å²) in [6, 6.07) is 5.13. The Labute approximate surface area is 143 Å². The summed E-state index contributed by atoms with van der Waals surface area (Å²) in [5, 5.41) is 10.8. The minimum atomic E-state index is -4.44. The Balaban J connectivity index is 1.77. The Morgan fingerprint density at radius 2 is 1.96 bits per heavy atom. The number of halogens is 3. The summed E-state index contributed by atoms with van der Waals surface area (Å²) in [7, 11) is 0. The number of nitrogens with zero attached hydrogens (tertiary/aromatic N) is 2. The Hall–Kier alpha value is -2.06. The maximum absolute atomic E-state index is 13.1. The number of hydrogen-bond donors (Lipinski definition) is 2. The van der Waals surface area contributed by atoms with Crippen molar-refractivity contribution in [2.45, 2.75) is 38.5 Å². The second-order valence-corrected chi connectivity index (χ2v) is 6.31. The molecule has 1 fully saturated rings. The number of aliphatic hydroxyl groups is 1. The number of carbonyl (C=O) groups excluding carboxylic acids is 1. The van der Waals surface area contributed by atoms with Crippen molar-refractivity contribution in [2.24, 2.45) is 0 Å². The summed E-state index contributed by atoms with van der Waals surface area (Å²) < 4.78 is 39.3. The van der Waals surface area contributed by atoms with E-state index in [9.17, 15) is 23.1 Å². The molecule has 0 bridgehead atoms. The van der Waals surface area contributed by atoms with E-state index < -0.39 is 18.8 Å². The van der Waals surface area contributed by atoms with Gasteiger partial charge in [0.05, 0.1) is 18.0 Å². The number of anilines is 1. The number of carbonyl (C=O) groups is 1. The second kappa shape index (κ2) is 6.68. The van der Waals surface area contributed by atoms with Gasteiger partial charge in [0.1, 0.15) is 6.04 Å². The lowest BCUT2D eigenvalue weighted by Crippen LogP contribution is -2.45. The van der Waals surface area contributed by atoms with Crippen molar-refractivity contribution >= 4 is 11.6 Å². The quantitative estimate of drug-likeness (QED) is 0.871. The van der Waals surface area contributed by atoms with Crippen molar-refractivity contribution in [3.05, 3.63) is 41.1 Å². The molecule has 1 aromatic carbocycles. The molecular weight excluding hydrogens is 335 g/mol. The third-order valence-electron chi connectivity index (χ3n) is 4.63. The van der Waals surface area contributed by atoms with Crippen molar-refractivity contribution in [3.8, 4) is 0 Å². The predicted octanol–water partition coefficient (Wildman–Crippen LogP) is 2.33. The summed E-state index contributed by atoms with van der Waals surface area (Å²) in [5.41, 5.74) is 4.08. The van der Waals surface area contributed by atoms with E-state index in [0.29, 0.717) is 18.7 Å². The molecule has 0 radical (unpaired) electrons. The monoisotopic (exact) mass is 355 g/mol. The van der Waals surface area contributed by atoms with E-state index >= 15 is 0 Å². The Morgan fingerprint density at radius 1 is 1.28 bits per heavy atom. The number of aliphatic hydroxyl groups excluding tert-OH is 1. The van der Waals surface area contributed by atoms with Crippen LogP contribution in [0, 0.1) is 0 Å². The Bertz CT molecular complexity index is 685. The van der Waals surface area contributed by atoms with Crippen molar-refractivity contribution in [1.29, 1.82) is 0 Å². The van der Waals surface area contributed by atoms with Crippen LogP contribution in [0.15, 0.2) is 35.5 Å². The average Bonchev–Trinajstić information content (AvgIpc) is 3.11. The van der Waals surface area contributed by atoms with E-state index in [1.165, 1.54) is 11.9 Å². The summed E-state index contributed by atoms with van der Waals surface area (Å²) >= 11 is 0. The molecule has 2 aliphatic heterocycles. The fourth-order valence-corrected chi connectivity index (χ4v) is 3.23. The molecule has 1 unspecified atom stereocenters. The van der Waals surface area contributed by atoms with E-state index in [1.807, 2.05) is 0 Å². The van der Waals surface area contributed by atoms with Crippen LogP contribution in [0.3, 0.4) is 0 Å². The highest BCUT2D eigenvalue weighted by molar-refractivity contribution is 5.78. The van der Waals surface area contributed by atoms with Crippen LogP contribution in [-0.2, 0) is 11.3 Å². The molecule has 2 heterocycles. The minimum Gasteiger partial charge on any atom is -0.390 e. The number of rotatable bonds is 4. The van der Waals surface area contributed by atoms with Gasteiger partial charge in [0.25, 0.3) is 0 Å². The van der Waals surface area contributed by atoms with Gasteiger partial charge in [0.15, 0.2) is 0 Å². The zero-order valence-corrected chi connectivity index (χ0v) is 13.8. The molecule has 1 atom stereocenters. The molecule has 8 heteroatoms. The topological polar surface area (TPSA) is 55.8 Å². The van der Waals surface area contributed by atoms with Crippen LogP contribution < -0.4 is 10.4 Å². The summed E-state index contributed by atoms with van der Waals surface area (Å²) in [6.45, 7) is 2.11. The molecular formula is C17H20F3N3O2. The smallest absolute Gasteiger partial charge is 0.390 e. The van der Waals surface area contributed by atoms with Gasteiger partial charge in [-0.1, -0.05) is 12.1 Å². The molecule has 5 nitrogen and oxygen atoms in total. The molecule has 0 aliphatic carbocycles. The van der Waals surface area contributed by atoms with Crippen LogP contribution in [-0.4, -0.2) is 41.3 Å². The molecule has 1 saturated heterocycles. The van der Waals surface area contributed by atoms with E-state index in [4.69, 9.17) is 0 Å². The highest BCUT2D eigenvalue weighted by Gasteiger charge is 2.46. The first-order chi connectivity index (χ1) is 11.8. The lowest BCUT2D eigenvalue weighted by atomic mass is 10.1. The van der Waals surface area contributed by atoms with Gasteiger partial charge in [-0.05, 0) is 36.6 Å². The van der Waals surface area contributed by atoms with Crippen LogP contribution in [0.25, 0.3) is 0 Å². The average molecular weight is 355 g/mol. The molecule has 2 aliphatic rings. The standard InChI is InChI=1S/C17H20F3N3O2/c1-11-14(10-24)23(21-16(11)17(18,19)20)13-6-4-12(5-7-13)9-22-8-2-3-15(22)25/h4-7,16,21,24H,2-3,8-10H2,1H3. The number of amides is 1. The second-order valence-electron chi connectivity index (χ2n) is 6.31. The van der Waals surface area contributed by atoms with Crippen LogP contribution in [0.4, 0.5) is 18.9 Å². The molecule has 1 aromatic rings. The molecule has 0 saturated carbocycles. The van der Waals surface area contributed by atoms with Crippen molar-refractivity contribution in [3.63, 3.8) is 0 Å². The molecule has 136 valence electrons. The van der Waals surface area contributed by atoms with Crippen LogP contribution in [0.2, 0.25) is 0 Å². The Morgan fingerprint density at radius 3 is 2.48 bits per heavy atom. The maximum atomic E-state index is 13.1. The number of alkyl halides is 3. The molecule has 1 amide bonds. The van der Waals surface area contributed by atoms with Gasteiger partial charge in [-0.2, -0.15) is 13.2 Å². The van der Waals surface area contributed by atoms with Gasteiger partial charge < -0.3 is 10.0 Å². The molecule has 0 spiro atoms. The summed E-state index contributed by atoms with van der Waals surface area (Å²) in [4.78, 5) is 13.4. The molecule has 0 aromatic heterocycles. The zero-order valence-electron chi connectivity index (χ0n) is 13.8. The number of benzene rings is 1.